The van der Waals surface area contributed by atoms with Gasteiger partial charge in [-0.25, -0.2) is 4.99 Å². The Labute approximate surface area is 88.5 Å². The molecule has 0 spiro atoms. The summed E-state index contributed by atoms with van der Waals surface area (Å²) in [4.78, 5) is 13.9. The molecule has 0 unspecified atom stereocenters. The number of nitrogens with one attached hydrogen (secondary N) is 1. The molecule has 0 aromatic carbocycles. The standard InChI is InChI=1S/C8H17N3O2S/c1-5(2)11-8(14-7(9)10)13-12-6(3)4/h5-6H,1-4H3,(H3,9,10). The summed E-state index contributed by atoms with van der Waals surface area (Å²) >= 11 is 0.934. The number of amidine groups is 1. The summed E-state index contributed by atoms with van der Waals surface area (Å²) in [6, 6.07) is 0.0765. The van der Waals surface area contributed by atoms with E-state index < -0.39 is 0 Å². The molecule has 3 N–H and O–H groups in total. The zero-order valence-corrected chi connectivity index (χ0v) is 9.72. The molecule has 0 atom stereocenters. The van der Waals surface area contributed by atoms with E-state index >= 15 is 0 Å². The smallest absolute Gasteiger partial charge is 0.294 e. The minimum atomic E-state index is -0.0724. The van der Waals surface area contributed by atoms with E-state index in [4.69, 9.17) is 20.9 Å². The Bertz CT molecular complexity index is 217. The van der Waals surface area contributed by atoms with Gasteiger partial charge in [0.15, 0.2) is 5.17 Å². The van der Waals surface area contributed by atoms with E-state index in [1.165, 1.54) is 0 Å². The van der Waals surface area contributed by atoms with Gasteiger partial charge in [-0.15, -0.1) is 0 Å². The molecule has 0 amide bonds. The number of aliphatic imine (C=N–C) groups is 1. The second-order valence-corrected chi connectivity index (χ2v) is 4.18. The highest BCUT2D eigenvalue weighted by atomic mass is 32.2. The molecule has 0 aromatic rings. The molecule has 0 fully saturated rings. The van der Waals surface area contributed by atoms with Crippen molar-refractivity contribution in [2.45, 2.75) is 39.8 Å². The van der Waals surface area contributed by atoms with Crippen LogP contribution in [-0.2, 0) is 9.78 Å². The predicted molar refractivity (Wildman–Crippen MR) is 59.4 cm³/mol. The van der Waals surface area contributed by atoms with Gasteiger partial charge in [-0.05, 0) is 27.7 Å². The average Bonchev–Trinajstić information content (AvgIpc) is 1.97. The van der Waals surface area contributed by atoms with Gasteiger partial charge in [0.1, 0.15) is 0 Å². The average molecular weight is 219 g/mol. The van der Waals surface area contributed by atoms with Gasteiger partial charge in [0, 0.05) is 17.8 Å². The summed E-state index contributed by atoms with van der Waals surface area (Å²) in [6.45, 7) is 7.48. The largest absolute Gasteiger partial charge is 0.378 e. The van der Waals surface area contributed by atoms with Gasteiger partial charge in [-0.2, -0.15) is 4.89 Å². The highest BCUT2D eigenvalue weighted by Crippen LogP contribution is 2.08. The molecule has 0 saturated carbocycles. The summed E-state index contributed by atoms with van der Waals surface area (Å²) in [6.07, 6.45) is -0.0556. The lowest BCUT2D eigenvalue weighted by Crippen LogP contribution is -2.15. The van der Waals surface area contributed by atoms with Crippen LogP contribution >= 0.6 is 11.8 Å². The fourth-order valence-electron chi connectivity index (χ4n) is 0.507. The van der Waals surface area contributed by atoms with Crippen molar-refractivity contribution in [2.24, 2.45) is 10.7 Å². The summed E-state index contributed by atoms with van der Waals surface area (Å²) in [7, 11) is 0. The maximum atomic E-state index is 7.08. The highest BCUT2D eigenvalue weighted by Gasteiger charge is 2.08. The monoisotopic (exact) mass is 219 g/mol. The van der Waals surface area contributed by atoms with Gasteiger partial charge >= 0.3 is 0 Å². The van der Waals surface area contributed by atoms with Crippen molar-refractivity contribution < 1.29 is 9.78 Å². The second-order valence-electron chi connectivity index (χ2n) is 3.18. The Morgan fingerprint density at radius 2 is 1.93 bits per heavy atom. The molecule has 0 saturated heterocycles. The molecular formula is C8H17N3O2S. The van der Waals surface area contributed by atoms with Crippen molar-refractivity contribution >= 4 is 22.2 Å². The van der Waals surface area contributed by atoms with Crippen LogP contribution in [0.1, 0.15) is 27.7 Å². The number of hydrogen-bond donors (Lipinski definition) is 2. The molecule has 5 nitrogen and oxygen atoms in total. The van der Waals surface area contributed by atoms with Crippen molar-refractivity contribution in [1.29, 1.82) is 5.41 Å². The van der Waals surface area contributed by atoms with Gasteiger partial charge in [-0.3, -0.25) is 5.41 Å². The van der Waals surface area contributed by atoms with Gasteiger partial charge < -0.3 is 10.6 Å². The van der Waals surface area contributed by atoms with Gasteiger partial charge in [0.2, 0.25) is 0 Å². The van der Waals surface area contributed by atoms with E-state index in [0.717, 1.165) is 11.8 Å². The third-order valence-electron chi connectivity index (χ3n) is 0.873. The van der Waals surface area contributed by atoms with Crippen molar-refractivity contribution in [3.8, 4) is 0 Å². The first-order valence-electron chi connectivity index (χ1n) is 4.34. The fraction of sp³-hybridized carbons (Fsp3) is 0.750. The van der Waals surface area contributed by atoms with Crippen molar-refractivity contribution in [3.63, 3.8) is 0 Å². The predicted octanol–water partition coefficient (Wildman–Crippen LogP) is 1.73. The van der Waals surface area contributed by atoms with E-state index in [9.17, 15) is 0 Å². The van der Waals surface area contributed by atoms with Crippen molar-refractivity contribution in [3.05, 3.63) is 0 Å². The summed E-state index contributed by atoms with van der Waals surface area (Å²) in [5.74, 6) is 0. The maximum Gasteiger partial charge on any atom is 0.294 e. The molecule has 0 aliphatic carbocycles. The lowest BCUT2D eigenvalue weighted by molar-refractivity contribution is -0.246. The van der Waals surface area contributed by atoms with Gasteiger partial charge in [-0.1, -0.05) is 0 Å². The van der Waals surface area contributed by atoms with Crippen molar-refractivity contribution in [1.82, 2.24) is 0 Å². The quantitative estimate of drug-likeness (QED) is 0.328. The Morgan fingerprint density at radius 3 is 2.29 bits per heavy atom. The first kappa shape index (κ1) is 13.2. The summed E-state index contributed by atoms with van der Waals surface area (Å²) in [5.41, 5.74) is 5.21. The second kappa shape index (κ2) is 6.67. The minimum Gasteiger partial charge on any atom is -0.378 e. The zero-order chi connectivity index (χ0) is 11.1. The molecule has 6 heteroatoms. The molecule has 82 valence electrons. The topological polar surface area (TPSA) is 80.7 Å². The molecule has 14 heavy (non-hydrogen) atoms. The minimum absolute atomic E-state index is 0.0556. The van der Waals surface area contributed by atoms with Gasteiger partial charge in [0.25, 0.3) is 5.23 Å². The van der Waals surface area contributed by atoms with Crippen molar-refractivity contribution in [2.75, 3.05) is 0 Å². The van der Waals surface area contributed by atoms with Crippen LogP contribution in [0.2, 0.25) is 0 Å². The first-order chi connectivity index (χ1) is 6.41. The lowest BCUT2D eigenvalue weighted by atomic mass is 10.4. The molecule has 0 aliphatic heterocycles. The molecule has 0 aliphatic rings. The van der Waals surface area contributed by atoms with Crippen LogP contribution in [0.4, 0.5) is 0 Å². The summed E-state index contributed by atoms with van der Waals surface area (Å²) < 4.78 is 0. The maximum absolute atomic E-state index is 7.08. The van der Waals surface area contributed by atoms with Crippen LogP contribution < -0.4 is 5.73 Å². The van der Waals surface area contributed by atoms with Crippen LogP contribution in [0.15, 0.2) is 4.99 Å². The highest BCUT2D eigenvalue weighted by molar-refractivity contribution is 8.26. The lowest BCUT2D eigenvalue weighted by Gasteiger charge is -2.09. The van der Waals surface area contributed by atoms with Crippen LogP contribution in [0.5, 0.6) is 0 Å². The fourth-order valence-corrected chi connectivity index (χ4v) is 1.03. The molecule has 0 radical (unpaired) electrons. The molecule has 0 bridgehead atoms. The van der Waals surface area contributed by atoms with Crippen LogP contribution in [0.25, 0.3) is 0 Å². The van der Waals surface area contributed by atoms with E-state index in [-0.39, 0.29) is 22.5 Å². The number of rotatable bonds is 3. The molecule has 0 aromatic heterocycles. The Kier molecular flexibility index (Phi) is 6.31. The number of nitrogens with zero attached hydrogens (tertiary/aromatic N) is 1. The number of hydrogen-bond acceptors (Lipinski definition) is 5. The van der Waals surface area contributed by atoms with E-state index in [0.29, 0.717) is 0 Å². The van der Waals surface area contributed by atoms with E-state index in [1.54, 1.807) is 0 Å². The Balaban J connectivity index is 4.18. The Morgan fingerprint density at radius 1 is 1.36 bits per heavy atom. The van der Waals surface area contributed by atoms with E-state index in [2.05, 4.69) is 4.99 Å². The van der Waals surface area contributed by atoms with Crippen LogP contribution in [0, 0.1) is 5.41 Å². The van der Waals surface area contributed by atoms with Crippen LogP contribution in [-0.4, -0.2) is 22.5 Å². The third-order valence-corrected chi connectivity index (χ3v) is 1.44. The SMILES string of the molecule is CC(C)N=C(OOC(C)C)SC(=N)N. The molecular weight excluding hydrogens is 202 g/mol. The first-order valence-corrected chi connectivity index (χ1v) is 5.16. The zero-order valence-electron chi connectivity index (χ0n) is 8.90. The van der Waals surface area contributed by atoms with Crippen LogP contribution in [0.3, 0.4) is 0 Å². The van der Waals surface area contributed by atoms with Gasteiger partial charge in [0.05, 0.1) is 6.10 Å². The molecule has 0 rings (SSSR count). The third kappa shape index (κ3) is 7.88. The van der Waals surface area contributed by atoms with E-state index in [1.807, 2.05) is 27.7 Å². The Hall–Kier alpha value is -0.750. The number of thioether (sulfide) groups is 1. The summed E-state index contributed by atoms with van der Waals surface area (Å²) in [5, 5.41) is 7.27. The molecule has 0 heterocycles. The normalized spacial score (nSPS) is 12.3. The number of nitrogens with two attached hydrogens (primary N) is 1.